The van der Waals surface area contributed by atoms with Gasteiger partial charge in [-0.25, -0.2) is 9.69 Å². The Labute approximate surface area is 237 Å². The van der Waals surface area contributed by atoms with E-state index in [0.717, 1.165) is 16.0 Å². The van der Waals surface area contributed by atoms with Crippen LogP contribution in [0, 0.1) is 18.8 Å². The molecule has 3 fully saturated rings. The third-order valence-corrected chi connectivity index (χ3v) is 8.68. The molecule has 4 atom stereocenters. The number of methoxy groups -OCH3 is 1. The standard InChI is InChI=1S/C31H28ClN3O5/c1-4-33-27(36)24-25(28(33)37)31(17-19-7-11-21(32)12-8-19)29(38)34(22-13-15-23(40-3)16-14-22)30(39)35(31)26(24)20-9-5-18(2)6-10-20/h5-16,24-26H,4,17H2,1-3H3/t24-,25-,26-,31-/m1/s1. The molecule has 0 unspecified atom stereocenters. The summed E-state index contributed by atoms with van der Waals surface area (Å²) < 4.78 is 5.26. The molecule has 0 saturated carbocycles. The zero-order valence-corrected chi connectivity index (χ0v) is 23.1. The van der Waals surface area contributed by atoms with Gasteiger partial charge in [0.1, 0.15) is 11.3 Å². The number of nitrogens with zero attached hydrogens (tertiary/aromatic N) is 3. The maximum absolute atomic E-state index is 14.7. The van der Waals surface area contributed by atoms with E-state index in [4.69, 9.17) is 16.3 Å². The van der Waals surface area contributed by atoms with Crippen LogP contribution in [0.25, 0.3) is 0 Å². The number of fused-ring (bicyclic) bond motifs is 3. The number of anilines is 1. The molecule has 3 aromatic carbocycles. The molecule has 3 aromatic rings. The van der Waals surface area contributed by atoms with Gasteiger partial charge in [-0.2, -0.15) is 0 Å². The first-order chi connectivity index (χ1) is 19.2. The first-order valence-electron chi connectivity index (χ1n) is 13.2. The van der Waals surface area contributed by atoms with Gasteiger partial charge in [0.25, 0.3) is 5.91 Å². The third kappa shape index (κ3) is 3.59. The fourth-order valence-electron chi connectivity index (χ4n) is 6.62. The summed E-state index contributed by atoms with van der Waals surface area (Å²) in [6.07, 6.45) is 0.0570. The number of halogens is 1. The number of carbonyl (C=O) groups is 4. The summed E-state index contributed by atoms with van der Waals surface area (Å²) in [5.74, 6) is -2.66. The van der Waals surface area contributed by atoms with Gasteiger partial charge in [-0.15, -0.1) is 0 Å². The van der Waals surface area contributed by atoms with E-state index >= 15 is 0 Å². The molecule has 8 nitrogen and oxygen atoms in total. The zero-order valence-electron chi connectivity index (χ0n) is 22.3. The second-order valence-electron chi connectivity index (χ2n) is 10.5. The number of likely N-dealkylation sites (tertiary alicyclic amines) is 1. The number of amides is 5. The molecule has 6 rings (SSSR count). The fraction of sp³-hybridized carbons (Fsp3) is 0.290. The highest BCUT2D eigenvalue weighted by Gasteiger charge is 2.77. The average Bonchev–Trinajstić information content (AvgIpc) is 3.48. The maximum Gasteiger partial charge on any atom is 0.332 e. The van der Waals surface area contributed by atoms with Crippen LogP contribution in [0.1, 0.15) is 29.7 Å². The van der Waals surface area contributed by atoms with Crippen molar-refractivity contribution in [1.29, 1.82) is 0 Å². The summed E-state index contributed by atoms with van der Waals surface area (Å²) in [5, 5.41) is 0.526. The molecule has 3 aliphatic heterocycles. The second-order valence-corrected chi connectivity index (χ2v) is 10.9. The number of benzene rings is 3. The van der Waals surface area contributed by atoms with Gasteiger partial charge in [-0.1, -0.05) is 53.6 Å². The van der Waals surface area contributed by atoms with Gasteiger partial charge in [0.15, 0.2) is 0 Å². The van der Waals surface area contributed by atoms with Crippen LogP contribution in [-0.4, -0.2) is 52.7 Å². The van der Waals surface area contributed by atoms with Crippen LogP contribution in [0.4, 0.5) is 10.5 Å². The van der Waals surface area contributed by atoms with Crippen molar-refractivity contribution in [2.75, 3.05) is 18.6 Å². The number of imide groups is 2. The lowest BCUT2D eigenvalue weighted by Crippen LogP contribution is -2.55. The first-order valence-corrected chi connectivity index (χ1v) is 13.6. The Morgan fingerprint density at radius 3 is 2.12 bits per heavy atom. The Morgan fingerprint density at radius 2 is 1.52 bits per heavy atom. The monoisotopic (exact) mass is 557 g/mol. The molecule has 3 heterocycles. The first kappa shape index (κ1) is 26.1. The van der Waals surface area contributed by atoms with E-state index < -0.39 is 41.3 Å². The van der Waals surface area contributed by atoms with Crippen LogP contribution in [0.15, 0.2) is 72.8 Å². The number of carbonyl (C=O) groups excluding carboxylic acids is 4. The summed E-state index contributed by atoms with van der Waals surface area (Å²) in [6, 6.07) is 19.8. The van der Waals surface area contributed by atoms with Gasteiger partial charge in [-0.05, 0) is 61.4 Å². The number of urea groups is 1. The number of hydrogen-bond acceptors (Lipinski definition) is 5. The van der Waals surface area contributed by atoms with E-state index in [9.17, 15) is 19.2 Å². The van der Waals surface area contributed by atoms with E-state index in [1.807, 2.05) is 31.2 Å². The molecule has 0 spiro atoms. The minimum Gasteiger partial charge on any atom is -0.497 e. The predicted molar refractivity (Wildman–Crippen MR) is 149 cm³/mol. The molecule has 0 N–H and O–H groups in total. The molecule has 40 heavy (non-hydrogen) atoms. The van der Waals surface area contributed by atoms with Crippen LogP contribution in [0.2, 0.25) is 5.02 Å². The van der Waals surface area contributed by atoms with Crippen molar-refractivity contribution in [3.8, 4) is 5.75 Å². The van der Waals surface area contributed by atoms with Gasteiger partial charge in [0, 0.05) is 18.0 Å². The van der Waals surface area contributed by atoms with Crippen LogP contribution in [0.5, 0.6) is 5.75 Å². The summed E-state index contributed by atoms with van der Waals surface area (Å²) in [6.45, 7) is 3.88. The van der Waals surface area contributed by atoms with Gasteiger partial charge in [0.05, 0.1) is 30.7 Å². The van der Waals surface area contributed by atoms with Crippen LogP contribution >= 0.6 is 11.6 Å². The molecule has 0 aromatic heterocycles. The maximum atomic E-state index is 14.7. The second kappa shape index (κ2) is 9.48. The van der Waals surface area contributed by atoms with Crippen molar-refractivity contribution in [1.82, 2.24) is 9.80 Å². The van der Waals surface area contributed by atoms with Crippen molar-refractivity contribution >= 4 is 41.0 Å². The fourth-order valence-corrected chi connectivity index (χ4v) is 6.74. The average molecular weight is 558 g/mol. The lowest BCUT2D eigenvalue weighted by molar-refractivity contribution is -0.144. The van der Waals surface area contributed by atoms with Crippen molar-refractivity contribution in [3.05, 3.63) is 94.5 Å². The van der Waals surface area contributed by atoms with Crippen molar-refractivity contribution < 1.29 is 23.9 Å². The van der Waals surface area contributed by atoms with E-state index in [1.165, 1.54) is 16.9 Å². The van der Waals surface area contributed by atoms with E-state index in [2.05, 4.69) is 0 Å². The predicted octanol–water partition coefficient (Wildman–Crippen LogP) is 4.78. The van der Waals surface area contributed by atoms with Crippen molar-refractivity contribution in [3.63, 3.8) is 0 Å². The summed E-state index contributed by atoms with van der Waals surface area (Å²) >= 11 is 6.15. The number of aryl methyl sites for hydroxylation is 1. The largest absolute Gasteiger partial charge is 0.497 e. The minimum atomic E-state index is -1.61. The molecule has 0 aliphatic carbocycles. The molecule has 9 heteroatoms. The number of rotatable bonds is 6. The molecular formula is C31H28ClN3O5. The topological polar surface area (TPSA) is 87.2 Å². The zero-order chi connectivity index (χ0) is 28.3. The van der Waals surface area contributed by atoms with Gasteiger partial charge >= 0.3 is 6.03 Å². The SMILES string of the molecule is CCN1C(=O)[C@H]2[C@@H](c3ccc(C)cc3)N3C(=O)N(c4ccc(OC)cc4)C(=O)[C@@]3(Cc3ccc(Cl)cc3)[C@H]2C1=O. The Balaban J connectivity index is 1.59. The Kier molecular flexibility index (Phi) is 6.18. The summed E-state index contributed by atoms with van der Waals surface area (Å²) in [7, 11) is 1.53. The van der Waals surface area contributed by atoms with E-state index in [0.29, 0.717) is 22.0 Å². The van der Waals surface area contributed by atoms with Gasteiger partial charge < -0.3 is 9.64 Å². The normalized spacial score (nSPS) is 25.6. The molecule has 3 aliphatic rings. The summed E-state index contributed by atoms with van der Waals surface area (Å²) in [4.78, 5) is 60.7. The highest BCUT2D eigenvalue weighted by molar-refractivity contribution is 6.30. The van der Waals surface area contributed by atoms with E-state index in [1.54, 1.807) is 55.5 Å². The molecule has 5 amide bonds. The van der Waals surface area contributed by atoms with Gasteiger partial charge in [-0.3, -0.25) is 19.3 Å². The quantitative estimate of drug-likeness (QED) is 0.321. The molecule has 0 radical (unpaired) electrons. The van der Waals surface area contributed by atoms with Crippen LogP contribution in [-0.2, 0) is 20.8 Å². The minimum absolute atomic E-state index is 0.0570. The molecule has 204 valence electrons. The Bertz CT molecular complexity index is 1520. The third-order valence-electron chi connectivity index (χ3n) is 8.43. The highest BCUT2D eigenvalue weighted by atomic mass is 35.5. The molecule has 0 bridgehead atoms. The Hall–Kier alpha value is -4.17. The highest BCUT2D eigenvalue weighted by Crippen LogP contribution is 2.59. The van der Waals surface area contributed by atoms with Gasteiger partial charge in [0.2, 0.25) is 11.8 Å². The lowest BCUT2D eigenvalue weighted by atomic mass is 9.75. The van der Waals surface area contributed by atoms with E-state index in [-0.39, 0.29) is 18.9 Å². The van der Waals surface area contributed by atoms with Crippen LogP contribution in [0.3, 0.4) is 0 Å². The molecular weight excluding hydrogens is 530 g/mol. The van der Waals surface area contributed by atoms with Crippen molar-refractivity contribution in [2.45, 2.75) is 31.8 Å². The molecule has 3 saturated heterocycles. The van der Waals surface area contributed by atoms with Crippen LogP contribution < -0.4 is 9.64 Å². The van der Waals surface area contributed by atoms with Crippen molar-refractivity contribution in [2.24, 2.45) is 11.8 Å². The lowest BCUT2D eigenvalue weighted by Gasteiger charge is -2.35. The smallest absolute Gasteiger partial charge is 0.332 e. The number of hydrogen-bond donors (Lipinski definition) is 0. The Morgan fingerprint density at radius 1 is 0.875 bits per heavy atom. The number of ether oxygens (including phenoxy) is 1. The summed E-state index contributed by atoms with van der Waals surface area (Å²) in [5.41, 5.74) is 1.20.